The lowest BCUT2D eigenvalue weighted by molar-refractivity contribution is -0.140. The maximum Gasteiger partial charge on any atom is 0.305 e. The normalized spacial score (nSPS) is 11.6. The lowest BCUT2D eigenvalue weighted by Crippen LogP contribution is -2.25. The molecular weight excluding hydrogens is 294 g/mol. The molecule has 0 atom stereocenters. The van der Waals surface area contributed by atoms with Crippen LogP contribution in [0.15, 0.2) is 11.2 Å². The highest BCUT2D eigenvalue weighted by Crippen LogP contribution is 2.09. The second kappa shape index (κ2) is 8.14. The molecule has 0 spiro atoms. The first-order valence-corrected chi connectivity index (χ1v) is 8.49. The van der Waals surface area contributed by atoms with Gasteiger partial charge in [-0.15, -0.1) is 0 Å². The van der Waals surface area contributed by atoms with Gasteiger partial charge in [-0.1, -0.05) is 6.42 Å². The van der Waals surface area contributed by atoms with Crippen molar-refractivity contribution in [2.45, 2.75) is 51.1 Å². The molecule has 0 amide bonds. The second-order valence-corrected chi connectivity index (χ2v) is 6.41. The van der Waals surface area contributed by atoms with E-state index in [4.69, 9.17) is 0 Å². The molecule has 0 aromatic carbocycles. The van der Waals surface area contributed by atoms with Gasteiger partial charge in [0, 0.05) is 25.7 Å². The number of nitrogens with one attached hydrogen (secondary N) is 1. The molecule has 0 radical (unpaired) electrons. The van der Waals surface area contributed by atoms with Crippen LogP contribution in [0.2, 0.25) is 0 Å². The average Bonchev–Trinajstić information content (AvgIpc) is 2.84. The van der Waals surface area contributed by atoms with Crippen molar-refractivity contribution in [2.24, 2.45) is 0 Å². The van der Waals surface area contributed by atoms with Gasteiger partial charge >= 0.3 is 5.97 Å². The Morgan fingerprint density at radius 2 is 2.10 bits per heavy atom. The number of aryl methyl sites for hydroxylation is 2. The Morgan fingerprint density at radius 1 is 1.38 bits per heavy atom. The first-order chi connectivity index (χ1) is 9.90. The van der Waals surface area contributed by atoms with Crippen molar-refractivity contribution in [1.82, 2.24) is 14.3 Å². The largest absolute Gasteiger partial charge is 0.469 e. The number of ether oxygens (including phenoxy) is 1. The number of carbonyl (C=O) groups excluding carboxylic acids is 1. The van der Waals surface area contributed by atoms with E-state index < -0.39 is 10.0 Å². The molecule has 0 aliphatic rings. The molecular formula is C13H23N3O4S. The molecule has 21 heavy (non-hydrogen) atoms. The Morgan fingerprint density at radius 3 is 2.67 bits per heavy atom. The van der Waals surface area contributed by atoms with Crippen molar-refractivity contribution in [3.63, 3.8) is 0 Å². The molecule has 1 N–H and O–H groups in total. The summed E-state index contributed by atoms with van der Waals surface area (Å²) < 4.78 is 32.9. The van der Waals surface area contributed by atoms with Crippen LogP contribution in [0.3, 0.4) is 0 Å². The van der Waals surface area contributed by atoms with Gasteiger partial charge in [-0.05, 0) is 26.7 Å². The van der Waals surface area contributed by atoms with Crippen LogP contribution < -0.4 is 4.72 Å². The highest BCUT2D eigenvalue weighted by atomic mass is 32.2. The highest BCUT2D eigenvalue weighted by molar-refractivity contribution is 7.89. The molecule has 0 fully saturated rings. The van der Waals surface area contributed by atoms with Crippen LogP contribution in [0.4, 0.5) is 0 Å². The van der Waals surface area contributed by atoms with Gasteiger partial charge in [-0.3, -0.25) is 4.79 Å². The Balaban J connectivity index is 2.38. The molecule has 0 bridgehead atoms. The predicted molar refractivity (Wildman–Crippen MR) is 78.3 cm³/mol. The van der Waals surface area contributed by atoms with Crippen molar-refractivity contribution in [2.75, 3.05) is 13.7 Å². The van der Waals surface area contributed by atoms with Crippen LogP contribution in [0.25, 0.3) is 0 Å². The molecule has 1 aromatic rings. The van der Waals surface area contributed by atoms with Gasteiger partial charge in [0.15, 0.2) is 5.03 Å². The fourth-order valence-corrected chi connectivity index (χ4v) is 2.96. The number of sulfonamides is 1. The summed E-state index contributed by atoms with van der Waals surface area (Å²) in [5.74, 6) is 0.437. The summed E-state index contributed by atoms with van der Waals surface area (Å²) in [5, 5.41) is 0.0522. The van der Waals surface area contributed by atoms with Gasteiger partial charge in [0.1, 0.15) is 5.82 Å². The third-order valence-electron chi connectivity index (χ3n) is 3.15. The Hall–Kier alpha value is -1.41. The quantitative estimate of drug-likeness (QED) is 0.546. The summed E-state index contributed by atoms with van der Waals surface area (Å²) in [6, 6.07) is 0. The summed E-state index contributed by atoms with van der Waals surface area (Å²) in [7, 11) is -2.20. The molecule has 120 valence electrons. The SMILES string of the molecule is CCn1cc(S(=O)(=O)NCCCCCC(=O)OC)nc1C. The zero-order valence-corrected chi connectivity index (χ0v) is 13.6. The number of rotatable bonds is 9. The van der Waals surface area contributed by atoms with Crippen LogP contribution >= 0.6 is 0 Å². The van der Waals surface area contributed by atoms with Crippen molar-refractivity contribution in [3.05, 3.63) is 12.0 Å². The summed E-state index contributed by atoms with van der Waals surface area (Å²) in [6.07, 6.45) is 4.03. The lowest BCUT2D eigenvalue weighted by atomic mass is 10.2. The molecule has 1 heterocycles. The van der Waals surface area contributed by atoms with Crippen LogP contribution in [-0.4, -0.2) is 37.6 Å². The summed E-state index contributed by atoms with van der Waals surface area (Å²) >= 11 is 0. The molecule has 0 unspecified atom stereocenters. The van der Waals surface area contributed by atoms with Gasteiger partial charge in [0.05, 0.1) is 7.11 Å². The molecule has 0 saturated heterocycles. The van der Waals surface area contributed by atoms with E-state index >= 15 is 0 Å². The number of aromatic nitrogens is 2. The first kappa shape index (κ1) is 17.6. The molecule has 7 nitrogen and oxygen atoms in total. The van der Waals surface area contributed by atoms with E-state index in [0.29, 0.717) is 38.2 Å². The molecule has 0 aliphatic heterocycles. The topological polar surface area (TPSA) is 90.3 Å². The van der Waals surface area contributed by atoms with Crippen LogP contribution in [0.1, 0.15) is 38.4 Å². The van der Waals surface area contributed by atoms with E-state index in [-0.39, 0.29) is 11.0 Å². The molecule has 1 rings (SSSR count). The molecule has 0 aliphatic carbocycles. The standard InChI is InChI=1S/C13H23N3O4S/c1-4-16-10-12(15-11(16)2)21(18,19)14-9-7-5-6-8-13(17)20-3/h10,14H,4-9H2,1-3H3. The zero-order valence-electron chi connectivity index (χ0n) is 12.8. The molecule has 1 aromatic heterocycles. The number of imidazole rings is 1. The van der Waals surface area contributed by atoms with Crippen molar-refractivity contribution < 1.29 is 17.9 Å². The van der Waals surface area contributed by atoms with Gasteiger partial charge < -0.3 is 9.30 Å². The maximum atomic E-state index is 12.0. The number of hydrogen-bond donors (Lipinski definition) is 1. The third-order valence-corrected chi connectivity index (χ3v) is 4.48. The van der Waals surface area contributed by atoms with E-state index in [2.05, 4.69) is 14.4 Å². The highest BCUT2D eigenvalue weighted by Gasteiger charge is 2.18. The summed E-state index contributed by atoms with van der Waals surface area (Å²) in [6.45, 7) is 4.72. The van der Waals surface area contributed by atoms with Gasteiger partial charge in [-0.2, -0.15) is 0 Å². The number of hydrogen-bond acceptors (Lipinski definition) is 5. The van der Waals surface area contributed by atoms with Gasteiger partial charge in [0.2, 0.25) is 0 Å². The van der Waals surface area contributed by atoms with E-state index in [0.717, 1.165) is 6.42 Å². The smallest absolute Gasteiger partial charge is 0.305 e. The number of unbranched alkanes of at least 4 members (excludes halogenated alkanes) is 2. The number of methoxy groups -OCH3 is 1. The average molecular weight is 317 g/mol. The van der Waals surface area contributed by atoms with E-state index in [9.17, 15) is 13.2 Å². The summed E-state index contributed by atoms with van der Waals surface area (Å²) in [5.41, 5.74) is 0. The Kier molecular flexibility index (Phi) is 6.83. The second-order valence-electron chi connectivity index (χ2n) is 4.70. The lowest BCUT2D eigenvalue weighted by Gasteiger charge is -2.04. The fraction of sp³-hybridized carbons (Fsp3) is 0.692. The Labute approximate surface area is 125 Å². The minimum absolute atomic E-state index is 0.0522. The van der Waals surface area contributed by atoms with Crippen molar-refractivity contribution in [1.29, 1.82) is 0 Å². The minimum Gasteiger partial charge on any atom is -0.469 e. The van der Waals surface area contributed by atoms with Crippen molar-refractivity contribution >= 4 is 16.0 Å². The van der Waals surface area contributed by atoms with Crippen LogP contribution in [-0.2, 0) is 26.1 Å². The predicted octanol–water partition coefficient (Wildman–Crippen LogP) is 1.22. The molecule has 8 heteroatoms. The fourth-order valence-electron chi connectivity index (χ4n) is 1.88. The number of esters is 1. The van der Waals surface area contributed by atoms with Gasteiger partial charge in [-0.25, -0.2) is 18.1 Å². The number of nitrogens with zero attached hydrogens (tertiary/aromatic N) is 2. The minimum atomic E-state index is -3.55. The van der Waals surface area contributed by atoms with E-state index in [1.807, 2.05) is 6.92 Å². The van der Waals surface area contributed by atoms with E-state index in [1.165, 1.54) is 13.3 Å². The van der Waals surface area contributed by atoms with Crippen LogP contribution in [0, 0.1) is 6.92 Å². The van der Waals surface area contributed by atoms with E-state index in [1.54, 1.807) is 11.5 Å². The van der Waals surface area contributed by atoms with Gasteiger partial charge in [0.25, 0.3) is 10.0 Å². The molecule has 0 saturated carbocycles. The first-order valence-electron chi connectivity index (χ1n) is 7.01. The third kappa shape index (κ3) is 5.47. The Bertz CT molecular complexity index is 566. The van der Waals surface area contributed by atoms with Crippen molar-refractivity contribution in [3.8, 4) is 0 Å². The number of carbonyl (C=O) groups is 1. The monoisotopic (exact) mass is 317 g/mol. The summed E-state index contributed by atoms with van der Waals surface area (Å²) in [4.78, 5) is 15.0. The zero-order chi connectivity index (χ0) is 15.9. The maximum absolute atomic E-state index is 12.0. The van der Waals surface area contributed by atoms with Crippen LogP contribution in [0.5, 0.6) is 0 Å².